The first kappa shape index (κ1) is 9.65. The van der Waals surface area contributed by atoms with Crippen molar-refractivity contribution in [2.45, 2.75) is 6.42 Å². The van der Waals surface area contributed by atoms with Crippen LogP contribution in [0.2, 0.25) is 10.0 Å². The molecule has 0 unspecified atom stereocenters. The zero-order valence-corrected chi connectivity index (χ0v) is 7.73. The van der Waals surface area contributed by atoms with E-state index in [1.807, 2.05) is 0 Å². The van der Waals surface area contributed by atoms with Crippen LogP contribution in [0.25, 0.3) is 0 Å². The van der Waals surface area contributed by atoms with E-state index >= 15 is 0 Å². The number of hydrogen-bond donors (Lipinski definition) is 2. The number of benzene rings is 1. The SMILES string of the molecule is OCCc1c(Cl)cc(O)cc1Cl. The molecule has 12 heavy (non-hydrogen) atoms. The van der Waals surface area contributed by atoms with Gasteiger partial charge in [-0.05, 0) is 24.1 Å². The second-order valence-corrected chi connectivity index (χ2v) is 3.18. The average molecular weight is 207 g/mol. The number of aromatic hydroxyl groups is 1. The van der Waals surface area contributed by atoms with E-state index in [0.29, 0.717) is 22.0 Å². The average Bonchev–Trinajstić information content (AvgIpc) is 1.96. The van der Waals surface area contributed by atoms with E-state index in [0.717, 1.165) is 0 Å². The lowest BCUT2D eigenvalue weighted by molar-refractivity contribution is 0.299. The Morgan fingerprint density at radius 1 is 1.17 bits per heavy atom. The highest BCUT2D eigenvalue weighted by atomic mass is 35.5. The lowest BCUT2D eigenvalue weighted by Crippen LogP contribution is -1.92. The summed E-state index contributed by atoms with van der Waals surface area (Å²) in [6, 6.07) is 2.80. The smallest absolute Gasteiger partial charge is 0.118 e. The summed E-state index contributed by atoms with van der Waals surface area (Å²) in [5, 5.41) is 18.5. The third kappa shape index (κ3) is 2.03. The first-order valence-electron chi connectivity index (χ1n) is 3.43. The summed E-state index contributed by atoms with van der Waals surface area (Å²) in [6.45, 7) is -0.00971. The van der Waals surface area contributed by atoms with Crippen molar-refractivity contribution in [1.82, 2.24) is 0 Å². The van der Waals surface area contributed by atoms with E-state index in [1.165, 1.54) is 12.1 Å². The van der Waals surface area contributed by atoms with Gasteiger partial charge < -0.3 is 10.2 Å². The zero-order chi connectivity index (χ0) is 9.14. The lowest BCUT2D eigenvalue weighted by Gasteiger charge is -2.05. The molecule has 4 heteroatoms. The number of phenolic OH excluding ortho intramolecular Hbond substituents is 1. The largest absolute Gasteiger partial charge is 0.508 e. The van der Waals surface area contributed by atoms with E-state index in [2.05, 4.69) is 0 Å². The molecule has 0 bridgehead atoms. The van der Waals surface area contributed by atoms with Crippen molar-refractivity contribution in [1.29, 1.82) is 0 Å². The van der Waals surface area contributed by atoms with E-state index in [4.69, 9.17) is 33.4 Å². The standard InChI is InChI=1S/C8H8Cl2O2/c9-7-3-5(12)4-8(10)6(7)1-2-11/h3-4,11-12H,1-2H2. The Bertz CT molecular complexity index is 263. The summed E-state index contributed by atoms with van der Waals surface area (Å²) in [5.74, 6) is 0.0340. The molecule has 66 valence electrons. The van der Waals surface area contributed by atoms with Crippen LogP contribution < -0.4 is 0 Å². The molecule has 0 heterocycles. The molecule has 0 spiro atoms. The predicted octanol–water partition coefficient (Wildman–Crippen LogP) is 2.23. The topological polar surface area (TPSA) is 40.5 Å². The molecule has 0 saturated carbocycles. The van der Waals surface area contributed by atoms with Crippen molar-refractivity contribution >= 4 is 23.2 Å². The highest BCUT2D eigenvalue weighted by molar-refractivity contribution is 6.36. The molecule has 0 aromatic heterocycles. The van der Waals surface area contributed by atoms with Crippen LogP contribution in [0.3, 0.4) is 0 Å². The number of rotatable bonds is 2. The maximum Gasteiger partial charge on any atom is 0.118 e. The van der Waals surface area contributed by atoms with Crippen molar-refractivity contribution in [3.8, 4) is 5.75 Å². The van der Waals surface area contributed by atoms with Gasteiger partial charge in [-0.3, -0.25) is 0 Å². The first-order chi connectivity index (χ1) is 5.65. The van der Waals surface area contributed by atoms with Crippen LogP contribution in [0.4, 0.5) is 0 Å². The summed E-state index contributed by atoms with van der Waals surface area (Å²) in [5.41, 5.74) is 0.665. The molecule has 0 radical (unpaired) electrons. The summed E-state index contributed by atoms with van der Waals surface area (Å²) in [6.07, 6.45) is 0.401. The van der Waals surface area contributed by atoms with Gasteiger partial charge in [-0.25, -0.2) is 0 Å². The number of phenols is 1. The van der Waals surface area contributed by atoms with Crippen LogP contribution in [0.1, 0.15) is 5.56 Å². The van der Waals surface area contributed by atoms with Gasteiger partial charge >= 0.3 is 0 Å². The highest BCUT2D eigenvalue weighted by Crippen LogP contribution is 2.29. The molecular formula is C8H8Cl2O2. The van der Waals surface area contributed by atoms with Crippen molar-refractivity contribution < 1.29 is 10.2 Å². The molecule has 0 fully saturated rings. The Balaban J connectivity index is 3.10. The maximum atomic E-state index is 9.06. The summed E-state index contributed by atoms with van der Waals surface area (Å²) >= 11 is 11.5. The Kier molecular flexibility index (Phi) is 3.20. The molecule has 0 aliphatic heterocycles. The molecule has 2 N–H and O–H groups in total. The minimum atomic E-state index is -0.00971. The molecular weight excluding hydrogens is 199 g/mol. The molecule has 2 nitrogen and oxygen atoms in total. The Labute approximate surface area is 80.4 Å². The van der Waals surface area contributed by atoms with Gasteiger partial charge in [0.25, 0.3) is 0 Å². The van der Waals surface area contributed by atoms with E-state index in [-0.39, 0.29) is 12.4 Å². The van der Waals surface area contributed by atoms with Crippen molar-refractivity contribution in [3.05, 3.63) is 27.7 Å². The molecule has 0 aliphatic carbocycles. The van der Waals surface area contributed by atoms with Gasteiger partial charge in [0.15, 0.2) is 0 Å². The Morgan fingerprint density at radius 2 is 1.67 bits per heavy atom. The normalized spacial score (nSPS) is 10.2. The number of aliphatic hydroxyl groups is 1. The minimum Gasteiger partial charge on any atom is -0.508 e. The second-order valence-electron chi connectivity index (χ2n) is 2.36. The lowest BCUT2D eigenvalue weighted by atomic mass is 10.1. The maximum absolute atomic E-state index is 9.06. The molecule has 1 rings (SSSR count). The summed E-state index contributed by atoms with van der Waals surface area (Å²) in [4.78, 5) is 0. The number of aliphatic hydroxyl groups excluding tert-OH is 1. The molecule has 1 aromatic rings. The van der Waals surface area contributed by atoms with Crippen molar-refractivity contribution in [2.75, 3.05) is 6.61 Å². The van der Waals surface area contributed by atoms with Crippen LogP contribution in [0.15, 0.2) is 12.1 Å². The summed E-state index contributed by atoms with van der Waals surface area (Å²) < 4.78 is 0. The van der Waals surface area contributed by atoms with Crippen molar-refractivity contribution in [3.63, 3.8) is 0 Å². The predicted molar refractivity (Wildman–Crippen MR) is 48.9 cm³/mol. The van der Waals surface area contributed by atoms with Crippen LogP contribution in [0, 0.1) is 0 Å². The zero-order valence-electron chi connectivity index (χ0n) is 6.22. The van der Waals surface area contributed by atoms with E-state index in [1.54, 1.807) is 0 Å². The molecule has 0 aliphatic rings. The van der Waals surface area contributed by atoms with Gasteiger partial charge in [0.05, 0.1) is 0 Å². The molecule has 0 amide bonds. The third-order valence-electron chi connectivity index (χ3n) is 1.49. The minimum absolute atomic E-state index is 0.00971. The van der Waals surface area contributed by atoms with Gasteiger partial charge in [0, 0.05) is 16.7 Å². The van der Waals surface area contributed by atoms with Crippen molar-refractivity contribution in [2.24, 2.45) is 0 Å². The quantitative estimate of drug-likeness (QED) is 0.780. The Morgan fingerprint density at radius 3 is 2.08 bits per heavy atom. The van der Waals surface area contributed by atoms with E-state index < -0.39 is 0 Å². The number of hydrogen-bond acceptors (Lipinski definition) is 2. The fraction of sp³-hybridized carbons (Fsp3) is 0.250. The van der Waals surface area contributed by atoms with Crippen LogP contribution in [0.5, 0.6) is 5.75 Å². The molecule has 0 saturated heterocycles. The van der Waals surface area contributed by atoms with Gasteiger partial charge in [0.2, 0.25) is 0 Å². The second kappa shape index (κ2) is 3.99. The van der Waals surface area contributed by atoms with Gasteiger partial charge in [-0.2, -0.15) is 0 Å². The first-order valence-corrected chi connectivity index (χ1v) is 4.18. The summed E-state index contributed by atoms with van der Waals surface area (Å²) in [7, 11) is 0. The fourth-order valence-corrected chi connectivity index (χ4v) is 1.60. The molecule has 0 atom stereocenters. The van der Waals surface area contributed by atoms with Crippen LogP contribution in [-0.4, -0.2) is 16.8 Å². The van der Waals surface area contributed by atoms with Gasteiger partial charge in [0.1, 0.15) is 5.75 Å². The van der Waals surface area contributed by atoms with Gasteiger partial charge in [-0.1, -0.05) is 23.2 Å². The Hall–Kier alpha value is -0.440. The van der Waals surface area contributed by atoms with Crippen LogP contribution >= 0.6 is 23.2 Å². The number of halogens is 2. The fourth-order valence-electron chi connectivity index (χ4n) is 0.940. The molecule has 1 aromatic carbocycles. The monoisotopic (exact) mass is 206 g/mol. The van der Waals surface area contributed by atoms with Crippen LogP contribution in [-0.2, 0) is 6.42 Å². The van der Waals surface area contributed by atoms with Gasteiger partial charge in [-0.15, -0.1) is 0 Å². The third-order valence-corrected chi connectivity index (χ3v) is 2.16. The van der Waals surface area contributed by atoms with E-state index in [9.17, 15) is 0 Å². The highest BCUT2D eigenvalue weighted by Gasteiger charge is 2.06.